The van der Waals surface area contributed by atoms with Gasteiger partial charge in [-0.15, -0.1) is 10.2 Å². The van der Waals surface area contributed by atoms with Gasteiger partial charge in [-0.05, 0) is 42.0 Å². The van der Waals surface area contributed by atoms with E-state index in [2.05, 4.69) is 10.2 Å². The lowest BCUT2D eigenvalue weighted by Gasteiger charge is -2.33. The first-order valence-electron chi connectivity index (χ1n) is 9.70. The molecule has 160 valence electrons. The van der Waals surface area contributed by atoms with Crippen LogP contribution in [-0.2, 0) is 10.0 Å². The molecule has 0 saturated carbocycles. The molecule has 1 aromatic heterocycles. The maximum Gasteiger partial charge on any atom is 0.236 e. The molecule has 0 radical (unpaired) electrons. The molecule has 0 spiro atoms. The highest BCUT2D eigenvalue weighted by molar-refractivity contribution is 7.92. The second-order valence-electron chi connectivity index (χ2n) is 7.05. The molecule has 1 aliphatic heterocycles. The topological polar surface area (TPSA) is 66.4 Å². The van der Waals surface area contributed by atoms with Crippen molar-refractivity contribution in [1.29, 1.82) is 0 Å². The molecule has 0 unspecified atom stereocenters. The number of anilines is 1. The highest BCUT2D eigenvalue weighted by Gasteiger charge is 2.25. The smallest absolute Gasteiger partial charge is 0.236 e. The van der Waals surface area contributed by atoms with Crippen molar-refractivity contribution in [1.82, 2.24) is 14.5 Å². The normalized spacial score (nSPS) is 15.5. The van der Waals surface area contributed by atoms with E-state index < -0.39 is 10.0 Å². The standard InChI is InChI=1S/C22H20Cl2N4O2S/c23-18-6-7-19(20(24)16-18)21-8-9-22(26-25-21)27-11-13-28(14-12-27)31(29,30)15-10-17-4-2-1-3-5-17/h1-10,15-16H,11-14H2/b15-10-. The van der Waals surface area contributed by atoms with E-state index >= 15 is 0 Å². The Hall–Kier alpha value is -2.45. The van der Waals surface area contributed by atoms with Crippen LogP contribution in [0, 0.1) is 0 Å². The first-order chi connectivity index (χ1) is 14.9. The quantitative estimate of drug-likeness (QED) is 0.541. The number of aromatic nitrogens is 2. The fourth-order valence-electron chi connectivity index (χ4n) is 3.32. The Morgan fingerprint density at radius 3 is 2.26 bits per heavy atom. The summed E-state index contributed by atoms with van der Waals surface area (Å²) in [5.74, 6) is 0.700. The van der Waals surface area contributed by atoms with Gasteiger partial charge in [0.15, 0.2) is 5.82 Å². The van der Waals surface area contributed by atoms with Gasteiger partial charge >= 0.3 is 0 Å². The maximum absolute atomic E-state index is 12.6. The molecule has 1 fully saturated rings. The number of halogens is 2. The number of hydrogen-bond donors (Lipinski definition) is 0. The third-order valence-corrected chi connectivity index (χ3v) is 7.12. The van der Waals surface area contributed by atoms with Crippen molar-refractivity contribution in [2.75, 3.05) is 31.1 Å². The van der Waals surface area contributed by atoms with Gasteiger partial charge < -0.3 is 4.90 Å². The summed E-state index contributed by atoms with van der Waals surface area (Å²) in [6.07, 6.45) is 1.62. The molecule has 0 N–H and O–H groups in total. The van der Waals surface area contributed by atoms with E-state index in [4.69, 9.17) is 23.2 Å². The van der Waals surface area contributed by atoms with Crippen molar-refractivity contribution >= 4 is 45.1 Å². The summed E-state index contributed by atoms with van der Waals surface area (Å²) >= 11 is 12.2. The fourth-order valence-corrected chi connectivity index (χ4v) is 5.00. The first kappa shape index (κ1) is 21.8. The summed E-state index contributed by atoms with van der Waals surface area (Å²) in [6.45, 7) is 1.84. The minimum absolute atomic E-state index is 0.383. The van der Waals surface area contributed by atoms with Crippen LogP contribution in [0.3, 0.4) is 0 Å². The predicted molar refractivity (Wildman–Crippen MR) is 126 cm³/mol. The van der Waals surface area contributed by atoms with Gasteiger partial charge in [-0.1, -0.05) is 53.5 Å². The Balaban J connectivity index is 1.40. The summed E-state index contributed by atoms with van der Waals surface area (Å²) in [7, 11) is -3.47. The zero-order valence-electron chi connectivity index (χ0n) is 16.5. The number of rotatable bonds is 5. The van der Waals surface area contributed by atoms with Crippen molar-refractivity contribution in [2.24, 2.45) is 0 Å². The van der Waals surface area contributed by atoms with Crippen LogP contribution in [0.5, 0.6) is 0 Å². The molecule has 6 nitrogen and oxygen atoms in total. The molecule has 0 amide bonds. The predicted octanol–water partition coefficient (Wildman–Crippen LogP) is 4.57. The third kappa shape index (κ3) is 5.25. The van der Waals surface area contributed by atoms with Crippen LogP contribution in [0.1, 0.15) is 5.56 Å². The van der Waals surface area contributed by atoms with Crippen LogP contribution in [0.15, 0.2) is 66.1 Å². The van der Waals surface area contributed by atoms with E-state index in [1.807, 2.05) is 47.4 Å². The van der Waals surface area contributed by atoms with Crippen LogP contribution in [0.4, 0.5) is 5.82 Å². The molecule has 9 heteroatoms. The molecule has 2 heterocycles. The molecule has 3 aromatic rings. The van der Waals surface area contributed by atoms with Gasteiger partial charge in [0.05, 0.1) is 10.7 Å². The van der Waals surface area contributed by atoms with E-state index in [0.717, 1.165) is 11.1 Å². The Labute approximate surface area is 191 Å². The van der Waals surface area contributed by atoms with E-state index in [1.54, 1.807) is 24.3 Å². The zero-order chi connectivity index (χ0) is 21.8. The van der Waals surface area contributed by atoms with Crippen molar-refractivity contribution < 1.29 is 8.42 Å². The minimum atomic E-state index is -3.47. The van der Waals surface area contributed by atoms with Crippen LogP contribution >= 0.6 is 23.2 Å². The van der Waals surface area contributed by atoms with Crippen LogP contribution in [-0.4, -0.2) is 49.1 Å². The number of benzene rings is 2. The van der Waals surface area contributed by atoms with Gasteiger partial charge in [-0.2, -0.15) is 4.31 Å². The highest BCUT2D eigenvalue weighted by Crippen LogP contribution is 2.29. The highest BCUT2D eigenvalue weighted by atomic mass is 35.5. The molecule has 1 aliphatic rings. The molecule has 0 atom stereocenters. The molecule has 0 aliphatic carbocycles. The number of piperazine rings is 1. The molecule has 1 saturated heterocycles. The molecule has 0 bridgehead atoms. The van der Waals surface area contributed by atoms with Crippen molar-refractivity contribution in [3.05, 3.63) is 81.7 Å². The van der Waals surface area contributed by atoms with Crippen LogP contribution in [0.2, 0.25) is 10.0 Å². The molecule has 4 rings (SSSR count). The summed E-state index contributed by atoms with van der Waals surface area (Å²) < 4.78 is 26.7. The second kappa shape index (κ2) is 9.36. The number of nitrogens with zero attached hydrogens (tertiary/aromatic N) is 4. The Morgan fingerprint density at radius 1 is 0.871 bits per heavy atom. The summed E-state index contributed by atoms with van der Waals surface area (Å²) in [5, 5.41) is 10.9. The van der Waals surface area contributed by atoms with Gasteiger partial charge in [-0.3, -0.25) is 0 Å². The lowest BCUT2D eigenvalue weighted by Crippen LogP contribution is -2.48. The largest absolute Gasteiger partial charge is 0.352 e. The summed E-state index contributed by atoms with van der Waals surface area (Å²) in [6, 6.07) is 18.3. The lowest BCUT2D eigenvalue weighted by molar-refractivity contribution is 0.388. The monoisotopic (exact) mass is 474 g/mol. The number of hydrogen-bond acceptors (Lipinski definition) is 5. The minimum Gasteiger partial charge on any atom is -0.352 e. The lowest BCUT2D eigenvalue weighted by atomic mass is 10.1. The second-order valence-corrected chi connectivity index (χ2v) is 9.71. The summed E-state index contributed by atoms with van der Waals surface area (Å²) in [5.41, 5.74) is 2.25. The van der Waals surface area contributed by atoms with E-state index in [0.29, 0.717) is 47.7 Å². The van der Waals surface area contributed by atoms with Crippen molar-refractivity contribution in [3.63, 3.8) is 0 Å². The van der Waals surface area contributed by atoms with Crippen LogP contribution < -0.4 is 4.90 Å². The van der Waals surface area contributed by atoms with Gasteiger partial charge in [0.1, 0.15) is 0 Å². The van der Waals surface area contributed by atoms with Gasteiger partial charge in [0, 0.05) is 42.2 Å². The molecular weight excluding hydrogens is 455 g/mol. The van der Waals surface area contributed by atoms with Gasteiger partial charge in [-0.25, -0.2) is 8.42 Å². The van der Waals surface area contributed by atoms with Gasteiger partial charge in [0.25, 0.3) is 0 Å². The van der Waals surface area contributed by atoms with Gasteiger partial charge in [0.2, 0.25) is 10.0 Å². The van der Waals surface area contributed by atoms with Crippen LogP contribution in [0.25, 0.3) is 17.3 Å². The Bertz CT molecular complexity index is 1180. The third-order valence-electron chi connectivity index (χ3n) is 5.01. The average Bonchev–Trinajstić information content (AvgIpc) is 2.79. The summed E-state index contributed by atoms with van der Waals surface area (Å²) in [4.78, 5) is 2.02. The molecule has 31 heavy (non-hydrogen) atoms. The molecular formula is C22H20Cl2N4O2S. The van der Waals surface area contributed by atoms with Crippen molar-refractivity contribution in [3.8, 4) is 11.3 Å². The SMILES string of the molecule is O=S(=O)(/C=C\c1ccccc1)N1CCN(c2ccc(-c3ccc(Cl)cc3Cl)nn2)CC1. The average molecular weight is 475 g/mol. The molecule has 2 aromatic carbocycles. The van der Waals surface area contributed by atoms with E-state index in [1.165, 1.54) is 9.71 Å². The van der Waals surface area contributed by atoms with Crippen molar-refractivity contribution in [2.45, 2.75) is 0 Å². The number of sulfonamides is 1. The first-order valence-corrected chi connectivity index (χ1v) is 12.0. The van der Waals surface area contributed by atoms with E-state index in [9.17, 15) is 8.42 Å². The fraction of sp³-hybridized carbons (Fsp3) is 0.182. The van der Waals surface area contributed by atoms with E-state index in [-0.39, 0.29) is 0 Å². The Kier molecular flexibility index (Phi) is 6.57. The maximum atomic E-state index is 12.6. The zero-order valence-corrected chi connectivity index (χ0v) is 18.9. The Morgan fingerprint density at radius 2 is 1.61 bits per heavy atom.